The van der Waals surface area contributed by atoms with Crippen molar-refractivity contribution in [3.8, 4) is 0 Å². The van der Waals surface area contributed by atoms with Gasteiger partial charge in [0.05, 0.1) is 12.0 Å². The molecule has 7 heteroatoms. The summed E-state index contributed by atoms with van der Waals surface area (Å²) in [4.78, 5) is 41.6. The number of rotatable bonds is 5. The highest BCUT2D eigenvalue weighted by atomic mass is 16.4. The first kappa shape index (κ1) is 20.4. The summed E-state index contributed by atoms with van der Waals surface area (Å²) < 4.78 is 0. The molecule has 2 fully saturated rings. The Balaban J connectivity index is 1.57. The lowest BCUT2D eigenvalue weighted by Gasteiger charge is -2.39. The number of carboxylic acids is 1. The number of fused-ring (bicyclic) bond motifs is 3. The molecule has 1 aromatic carbocycles. The highest BCUT2D eigenvalue weighted by Gasteiger charge is 2.51. The first-order valence-corrected chi connectivity index (χ1v) is 10.5. The van der Waals surface area contributed by atoms with E-state index in [4.69, 9.17) is 5.11 Å². The summed E-state index contributed by atoms with van der Waals surface area (Å²) in [5.74, 6) is -1.30. The average molecular weight is 412 g/mol. The second-order valence-corrected chi connectivity index (χ2v) is 10.0. The van der Waals surface area contributed by atoms with Crippen molar-refractivity contribution in [2.24, 2.45) is 10.8 Å². The van der Waals surface area contributed by atoms with Crippen molar-refractivity contribution < 1.29 is 19.5 Å². The topological polar surface area (TPSA) is 103 Å². The molecule has 1 saturated carbocycles. The number of aromatic nitrogens is 1. The lowest BCUT2D eigenvalue weighted by atomic mass is 9.65. The average Bonchev–Trinajstić information content (AvgIpc) is 3.17. The van der Waals surface area contributed by atoms with Crippen LogP contribution in [0.5, 0.6) is 0 Å². The van der Waals surface area contributed by atoms with E-state index in [1.54, 1.807) is 12.3 Å². The van der Waals surface area contributed by atoms with Crippen molar-refractivity contribution in [3.63, 3.8) is 0 Å². The number of likely N-dealkylation sites (tertiary alicyclic amines) is 1. The molecular formula is C23H29N3O4. The van der Waals surface area contributed by atoms with Crippen LogP contribution in [0.4, 0.5) is 0 Å². The molecule has 4 rings (SSSR count). The second kappa shape index (κ2) is 7.15. The molecule has 0 radical (unpaired) electrons. The van der Waals surface area contributed by atoms with Crippen molar-refractivity contribution in [1.82, 2.24) is 15.2 Å². The fraction of sp³-hybridized carbons (Fsp3) is 0.522. The smallest absolute Gasteiger partial charge is 0.305 e. The van der Waals surface area contributed by atoms with E-state index in [0.29, 0.717) is 16.5 Å². The highest BCUT2D eigenvalue weighted by molar-refractivity contribution is 6.09. The number of H-pyrrole nitrogens is 1. The summed E-state index contributed by atoms with van der Waals surface area (Å²) >= 11 is 0. The van der Waals surface area contributed by atoms with Crippen LogP contribution < -0.4 is 5.32 Å². The number of aromatic amines is 1. The maximum atomic E-state index is 13.4. The minimum Gasteiger partial charge on any atom is -0.481 e. The quantitative estimate of drug-likeness (QED) is 0.701. The molecule has 2 unspecified atom stereocenters. The molecule has 2 bridgehead atoms. The standard InChI is InChI=1S/C23H29N3O4/c1-22(2)9-15-10-23(3,12-22)13-26(15)21(30)14-4-5-18-16(8-14)17(11-25-18)20(29)24-7-6-19(27)28/h4-5,8,11,15,25H,6-7,9-10,12-13H2,1-3H3,(H,24,29)(H,27,28). The molecule has 1 aliphatic heterocycles. The van der Waals surface area contributed by atoms with Crippen LogP contribution in [0.25, 0.3) is 10.9 Å². The second-order valence-electron chi connectivity index (χ2n) is 10.0. The van der Waals surface area contributed by atoms with E-state index in [0.717, 1.165) is 31.3 Å². The largest absolute Gasteiger partial charge is 0.481 e. The van der Waals surface area contributed by atoms with Crippen LogP contribution in [0.3, 0.4) is 0 Å². The van der Waals surface area contributed by atoms with Gasteiger partial charge in [-0.05, 0) is 48.3 Å². The molecule has 1 saturated heterocycles. The Morgan fingerprint density at radius 2 is 2.00 bits per heavy atom. The first-order valence-electron chi connectivity index (χ1n) is 10.5. The SMILES string of the molecule is CC1(C)CC2CC(C)(CN2C(=O)c2ccc3[nH]cc(C(=O)NCCC(=O)O)c3c2)C1. The molecule has 2 aliphatic rings. The number of benzene rings is 1. The van der Waals surface area contributed by atoms with E-state index in [1.165, 1.54) is 0 Å². The van der Waals surface area contributed by atoms with E-state index >= 15 is 0 Å². The molecule has 2 heterocycles. The van der Waals surface area contributed by atoms with Gasteiger partial charge in [0.2, 0.25) is 0 Å². The van der Waals surface area contributed by atoms with Gasteiger partial charge in [-0.1, -0.05) is 20.8 Å². The van der Waals surface area contributed by atoms with Crippen molar-refractivity contribution in [1.29, 1.82) is 0 Å². The number of hydrogen-bond donors (Lipinski definition) is 3. The zero-order valence-corrected chi connectivity index (χ0v) is 17.7. The Labute approximate surface area is 175 Å². The molecule has 2 atom stereocenters. The summed E-state index contributed by atoms with van der Waals surface area (Å²) in [7, 11) is 0. The first-order chi connectivity index (χ1) is 14.1. The minimum absolute atomic E-state index is 0.0155. The maximum Gasteiger partial charge on any atom is 0.305 e. The lowest BCUT2D eigenvalue weighted by molar-refractivity contribution is -0.136. The molecule has 0 spiro atoms. The van der Waals surface area contributed by atoms with Gasteiger partial charge in [-0.25, -0.2) is 0 Å². The van der Waals surface area contributed by atoms with E-state index in [9.17, 15) is 14.4 Å². The zero-order valence-electron chi connectivity index (χ0n) is 17.7. The van der Waals surface area contributed by atoms with Crippen molar-refractivity contribution in [2.75, 3.05) is 13.1 Å². The van der Waals surface area contributed by atoms with Gasteiger partial charge >= 0.3 is 5.97 Å². The minimum atomic E-state index is -0.963. The number of carbonyl (C=O) groups is 3. The fourth-order valence-electron chi connectivity index (χ4n) is 5.68. The van der Waals surface area contributed by atoms with Crippen LogP contribution in [0, 0.1) is 10.8 Å². The van der Waals surface area contributed by atoms with Crippen LogP contribution >= 0.6 is 0 Å². The number of nitrogens with zero attached hydrogens (tertiary/aromatic N) is 1. The van der Waals surface area contributed by atoms with E-state index in [1.807, 2.05) is 17.0 Å². The fourth-order valence-corrected chi connectivity index (χ4v) is 5.68. The molecule has 2 amide bonds. The Bertz CT molecular complexity index is 1020. The van der Waals surface area contributed by atoms with Crippen LogP contribution in [-0.4, -0.2) is 51.9 Å². The van der Waals surface area contributed by atoms with Gasteiger partial charge in [-0.15, -0.1) is 0 Å². The van der Waals surface area contributed by atoms with Crippen molar-refractivity contribution in [2.45, 2.75) is 52.5 Å². The lowest BCUT2D eigenvalue weighted by Crippen LogP contribution is -2.37. The summed E-state index contributed by atoms with van der Waals surface area (Å²) in [6.07, 6.45) is 4.65. The van der Waals surface area contributed by atoms with E-state index in [-0.39, 0.29) is 41.7 Å². The molecule has 7 nitrogen and oxygen atoms in total. The van der Waals surface area contributed by atoms with Crippen LogP contribution in [0.1, 0.15) is 67.2 Å². The predicted octanol–water partition coefficient (Wildman–Crippen LogP) is 3.41. The molecular weight excluding hydrogens is 382 g/mol. The van der Waals surface area contributed by atoms with Crippen LogP contribution in [0.2, 0.25) is 0 Å². The van der Waals surface area contributed by atoms with Crippen molar-refractivity contribution >= 4 is 28.7 Å². The molecule has 1 aliphatic carbocycles. The maximum absolute atomic E-state index is 13.4. The summed E-state index contributed by atoms with van der Waals surface area (Å²) in [6.45, 7) is 7.68. The van der Waals surface area contributed by atoms with Gasteiger partial charge in [-0.3, -0.25) is 14.4 Å². The molecule has 1 aromatic heterocycles. The monoisotopic (exact) mass is 411 g/mol. The van der Waals surface area contributed by atoms with Crippen LogP contribution in [0.15, 0.2) is 24.4 Å². The normalized spacial score (nSPS) is 24.8. The third-order valence-electron chi connectivity index (χ3n) is 6.47. The number of nitrogens with one attached hydrogen (secondary N) is 2. The Hall–Kier alpha value is -2.83. The predicted molar refractivity (Wildman–Crippen MR) is 113 cm³/mol. The van der Waals surface area contributed by atoms with Gasteiger partial charge in [0.25, 0.3) is 11.8 Å². The Morgan fingerprint density at radius 3 is 2.73 bits per heavy atom. The molecule has 160 valence electrons. The Morgan fingerprint density at radius 1 is 1.23 bits per heavy atom. The Kier molecular flexibility index (Phi) is 4.87. The number of amides is 2. The van der Waals surface area contributed by atoms with E-state index in [2.05, 4.69) is 31.1 Å². The van der Waals surface area contributed by atoms with Crippen LogP contribution in [-0.2, 0) is 4.79 Å². The number of carbonyl (C=O) groups excluding carboxylic acids is 2. The third kappa shape index (κ3) is 3.80. The summed E-state index contributed by atoms with van der Waals surface area (Å²) in [5.41, 5.74) is 2.16. The van der Waals surface area contributed by atoms with E-state index < -0.39 is 5.97 Å². The summed E-state index contributed by atoms with van der Waals surface area (Å²) in [5, 5.41) is 12.0. The highest BCUT2D eigenvalue weighted by Crippen LogP contribution is 2.52. The van der Waals surface area contributed by atoms with Gasteiger partial charge in [0.15, 0.2) is 0 Å². The molecule has 30 heavy (non-hydrogen) atoms. The zero-order chi connectivity index (χ0) is 21.7. The summed E-state index contributed by atoms with van der Waals surface area (Å²) in [6, 6.07) is 5.66. The third-order valence-corrected chi connectivity index (χ3v) is 6.47. The number of aliphatic carboxylic acids is 1. The van der Waals surface area contributed by atoms with Gasteiger partial charge in [-0.2, -0.15) is 0 Å². The van der Waals surface area contributed by atoms with Gasteiger partial charge in [0, 0.05) is 41.8 Å². The molecule has 3 N–H and O–H groups in total. The van der Waals surface area contributed by atoms with Crippen molar-refractivity contribution in [3.05, 3.63) is 35.5 Å². The molecule has 2 aromatic rings. The number of hydrogen-bond acceptors (Lipinski definition) is 3. The number of carboxylic acid groups (broad SMARTS) is 1. The van der Waals surface area contributed by atoms with Gasteiger partial charge < -0.3 is 20.3 Å². The van der Waals surface area contributed by atoms with Gasteiger partial charge in [0.1, 0.15) is 0 Å².